The Labute approximate surface area is 184 Å². The zero-order chi connectivity index (χ0) is 20.8. The van der Waals surface area contributed by atoms with E-state index in [2.05, 4.69) is 57.6 Å². The fourth-order valence-electron chi connectivity index (χ4n) is 4.21. The van der Waals surface area contributed by atoms with Gasteiger partial charge < -0.3 is 9.51 Å². The molecule has 0 amide bonds. The second-order valence-corrected chi connectivity index (χ2v) is 8.43. The van der Waals surface area contributed by atoms with E-state index in [-0.39, 0.29) is 4.84 Å². The number of hydrogen-bond donors (Lipinski definition) is 2. The number of hydrogen-bond acceptors (Lipinski definition) is 4. The number of fused-ring (bicyclic) bond motifs is 1. The Kier molecular flexibility index (Phi) is 4.32. The minimum atomic E-state index is 0.247. The Morgan fingerprint density at radius 3 is 2.61 bits per heavy atom. The lowest BCUT2D eigenvalue weighted by molar-refractivity contribution is 0.406. The van der Waals surface area contributed by atoms with Crippen LogP contribution in [0.5, 0.6) is 0 Å². The number of nitrogens with zero attached hydrogens (tertiary/aromatic N) is 2. The highest BCUT2D eigenvalue weighted by molar-refractivity contribution is 7.71. The third-order valence-corrected chi connectivity index (χ3v) is 6.07. The van der Waals surface area contributed by atoms with Crippen LogP contribution in [0.25, 0.3) is 33.7 Å². The second kappa shape index (κ2) is 7.32. The highest BCUT2D eigenvalue weighted by Gasteiger charge is 2.24. The van der Waals surface area contributed by atoms with Crippen LogP contribution in [0.3, 0.4) is 0 Å². The molecule has 0 radical (unpaired) electrons. The van der Waals surface area contributed by atoms with E-state index in [9.17, 15) is 0 Å². The largest absolute Gasteiger partial charge is 0.354 e. The van der Waals surface area contributed by atoms with Gasteiger partial charge in [-0.1, -0.05) is 53.7 Å². The Balaban J connectivity index is 1.46. The van der Waals surface area contributed by atoms with Gasteiger partial charge in [-0.25, -0.2) is 4.98 Å². The summed E-state index contributed by atoms with van der Waals surface area (Å²) in [6.07, 6.45) is 3.30. The average molecular weight is 425 g/mol. The zero-order valence-electron chi connectivity index (χ0n) is 16.8. The molecule has 0 saturated heterocycles. The molecule has 2 aromatic carbocycles. The molecule has 1 aliphatic rings. The van der Waals surface area contributed by atoms with E-state index < -0.39 is 0 Å². The van der Waals surface area contributed by atoms with E-state index in [0.29, 0.717) is 12.2 Å². The van der Waals surface area contributed by atoms with Crippen LogP contribution in [0.4, 0.5) is 0 Å². The molecular weight excluding hydrogens is 404 g/mol. The quantitative estimate of drug-likeness (QED) is 0.320. The molecule has 3 heterocycles. The standard InChI is InChI=1S/C25H20N4OS/c31-25-28-24(29-30-25)21-8-4-7-18(26-21)14-20-19-12-11-17(15-9-10-15)13-22(19)27-23(20)16-5-2-1-3-6-16/h1-8,11-13,15,27H,9-10,14H2,(H,28,29,31). The summed E-state index contributed by atoms with van der Waals surface area (Å²) in [6, 6.07) is 23.3. The van der Waals surface area contributed by atoms with Crippen molar-refractivity contribution in [2.75, 3.05) is 0 Å². The topological polar surface area (TPSA) is 70.5 Å². The molecule has 152 valence electrons. The first kappa shape index (κ1) is 18.3. The van der Waals surface area contributed by atoms with Gasteiger partial charge in [0.25, 0.3) is 4.84 Å². The predicted octanol–water partition coefficient (Wildman–Crippen LogP) is 6.41. The molecule has 5 aromatic rings. The van der Waals surface area contributed by atoms with Gasteiger partial charge in [0.2, 0.25) is 0 Å². The van der Waals surface area contributed by atoms with Crippen LogP contribution < -0.4 is 0 Å². The highest BCUT2D eigenvalue weighted by Crippen LogP contribution is 2.42. The van der Waals surface area contributed by atoms with E-state index >= 15 is 0 Å². The first-order valence-corrected chi connectivity index (χ1v) is 10.9. The minimum absolute atomic E-state index is 0.247. The SMILES string of the molecule is S=c1[nH]c(-c2cccc(Cc3c(-c4ccccc4)[nH]c4cc(C5CC5)ccc34)n2)no1. The molecule has 6 heteroatoms. The fraction of sp³-hybridized carbons (Fsp3) is 0.160. The van der Waals surface area contributed by atoms with Gasteiger partial charge in [-0.2, -0.15) is 0 Å². The van der Waals surface area contributed by atoms with Gasteiger partial charge in [0.05, 0.1) is 5.69 Å². The minimum Gasteiger partial charge on any atom is -0.354 e. The molecule has 31 heavy (non-hydrogen) atoms. The number of nitrogens with one attached hydrogen (secondary N) is 2. The first-order valence-electron chi connectivity index (χ1n) is 10.5. The first-order chi connectivity index (χ1) is 15.2. The molecule has 2 N–H and O–H groups in total. The Morgan fingerprint density at radius 1 is 0.968 bits per heavy atom. The molecule has 3 aromatic heterocycles. The number of benzene rings is 2. The lowest BCUT2D eigenvalue weighted by atomic mass is 9.99. The van der Waals surface area contributed by atoms with Crippen LogP contribution in [-0.4, -0.2) is 20.1 Å². The smallest absolute Gasteiger partial charge is 0.295 e. The number of aromatic nitrogens is 4. The summed E-state index contributed by atoms with van der Waals surface area (Å²) in [6.45, 7) is 0. The van der Waals surface area contributed by atoms with Crippen LogP contribution >= 0.6 is 12.2 Å². The van der Waals surface area contributed by atoms with Crippen molar-refractivity contribution < 1.29 is 4.52 Å². The fourth-order valence-corrected chi connectivity index (χ4v) is 4.34. The second-order valence-electron chi connectivity index (χ2n) is 8.06. The van der Waals surface area contributed by atoms with Crippen LogP contribution in [0, 0.1) is 4.84 Å². The van der Waals surface area contributed by atoms with E-state index in [1.54, 1.807) is 0 Å². The van der Waals surface area contributed by atoms with Crippen LogP contribution in [0.2, 0.25) is 0 Å². The molecular formula is C25H20N4OS. The molecule has 1 aliphatic carbocycles. The van der Waals surface area contributed by atoms with E-state index in [1.165, 1.54) is 40.4 Å². The van der Waals surface area contributed by atoms with Gasteiger partial charge in [0.1, 0.15) is 5.69 Å². The lowest BCUT2D eigenvalue weighted by Crippen LogP contribution is -1.96. The van der Waals surface area contributed by atoms with Crippen molar-refractivity contribution in [2.24, 2.45) is 0 Å². The van der Waals surface area contributed by atoms with Crippen molar-refractivity contribution in [3.63, 3.8) is 0 Å². The number of H-pyrrole nitrogens is 2. The normalized spacial score (nSPS) is 13.7. The molecule has 0 unspecified atom stereocenters. The molecule has 0 bridgehead atoms. The number of pyridine rings is 1. The van der Waals surface area contributed by atoms with Crippen LogP contribution in [-0.2, 0) is 6.42 Å². The molecule has 5 nitrogen and oxygen atoms in total. The van der Waals surface area contributed by atoms with Gasteiger partial charge in [-0.05, 0) is 65.9 Å². The zero-order valence-corrected chi connectivity index (χ0v) is 17.6. The van der Waals surface area contributed by atoms with Gasteiger partial charge in [-0.15, -0.1) is 0 Å². The molecule has 6 rings (SSSR count). The van der Waals surface area contributed by atoms with Crippen LogP contribution in [0.1, 0.15) is 35.6 Å². The summed E-state index contributed by atoms with van der Waals surface area (Å²) in [5.41, 5.74) is 7.88. The maximum atomic E-state index is 5.00. The Bertz CT molecular complexity index is 1440. The lowest BCUT2D eigenvalue weighted by Gasteiger charge is -2.07. The summed E-state index contributed by atoms with van der Waals surface area (Å²) in [5.74, 6) is 1.27. The maximum absolute atomic E-state index is 5.00. The van der Waals surface area contributed by atoms with Crippen molar-refractivity contribution >= 4 is 23.1 Å². The monoisotopic (exact) mass is 424 g/mol. The summed E-state index contributed by atoms with van der Waals surface area (Å²) >= 11 is 5.00. The van der Waals surface area contributed by atoms with E-state index in [0.717, 1.165) is 23.0 Å². The van der Waals surface area contributed by atoms with Crippen molar-refractivity contribution in [3.05, 3.63) is 88.4 Å². The molecule has 1 saturated carbocycles. The Hall–Kier alpha value is -3.51. The van der Waals surface area contributed by atoms with Gasteiger partial charge >= 0.3 is 0 Å². The summed E-state index contributed by atoms with van der Waals surface area (Å²) < 4.78 is 5.00. The van der Waals surface area contributed by atoms with Crippen molar-refractivity contribution in [1.29, 1.82) is 0 Å². The third-order valence-electron chi connectivity index (χ3n) is 5.89. The summed E-state index contributed by atoms with van der Waals surface area (Å²) in [4.78, 5) is 11.7. The molecule has 0 spiro atoms. The predicted molar refractivity (Wildman–Crippen MR) is 123 cm³/mol. The third kappa shape index (κ3) is 3.49. The van der Waals surface area contributed by atoms with Gasteiger partial charge in [0.15, 0.2) is 5.82 Å². The summed E-state index contributed by atoms with van der Waals surface area (Å²) in [5, 5.41) is 5.21. The van der Waals surface area contributed by atoms with Crippen molar-refractivity contribution in [1.82, 2.24) is 20.1 Å². The van der Waals surface area contributed by atoms with Crippen molar-refractivity contribution in [2.45, 2.75) is 25.2 Å². The number of rotatable bonds is 5. The van der Waals surface area contributed by atoms with Gasteiger partial charge in [0, 0.05) is 23.0 Å². The summed E-state index contributed by atoms with van der Waals surface area (Å²) in [7, 11) is 0. The van der Waals surface area contributed by atoms with E-state index in [1.807, 2.05) is 24.3 Å². The highest BCUT2D eigenvalue weighted by atomic mass is 32.1. The molecule has 0 atom stereocenters. The van der Waals surface area contributed by atoms with Crippen molar-refractivity contribution in [3.8, 4) is 22.8 Å². The van der Waals surface area contributed by atoms with Crippen LogP contribution in [0.15, 0.2) is 71.3 Å². The number of aromatic amines is 2. The van der Waals surface area contributed by atoms with Gasteiger partial charge in [-0.3, -0.25) is 4.98 Å². The molecule has 0 aliphatic heterocycles. The average Bonchev–Trinajstić information content (AvgIpc) is 3.48. The Morgan fingerprint density at radius 2 is 1.84 bits per heavy atom. The maximum Gasteiger partial charge on any atom is 0.295 e. The molecule has 1 fully saturated rings. The van der Waals surface area contributed by atoms with E-state index in [4.69, 9.17) is 21.7 Å².